The highest BCUT2D eigenvalue weighted by Crippen LogP contribution is 2.35. The number of phosphoric ester groups is 1. The molecule has 0 amide bonds. The lowest BCUT2D eigenvalue weighted by Gasteiger charge is -2.07. The van der Waals surface area contributed by atoms with Crippen LogP contribution in [0.1, 0.15) is 15.9 Å². The topological polar surface area (TPSA) is 169 Å². The van der Waals surface area contributed by atoms with E-state index in [9.17, 15) is 19.6 Å². The molecular weight excluding hydrogens is 365 g/mol. The Morgan fingerprint density at radius 2 is 1.73 bits per heavy atom. The van der Waals surface area contributed by atoms with Gasteiger partial charge in [-0.2, -0.15) is 0 Å². The van der Waals surface area contributed by atoms with Crippen molar-refractivity contribution in [2.45, 2.75) is 0 Å². The summed E-state index contributed by atoms with van der Waals surface area (Å²) >= 11 is 0. The summed E-state index contributed by atoms with van der Waals surface area (Å²) in [6.45, 7) is -0.599. The van der Waals surface area contributed by atoms with Crippen molar-refractivity contribution in [2.75, 3.05) is 6.79 Å². The van der Waals surface area contributed by atoms with Crippen LogP contribution in [0.5, 0.6) is 17.2 Å². The van der Waals surface area contributed by atoms with Crippen LogP contribution < -0.4 is 10.9 Å². The first-order valence-corrected chi connectivity index (χ1v) is 8.45. The van der Waals surface area contributed by atoms with Crippen molar-refractivity contribution in [1.29, 1.82) is 0 Å². The van der Waals surface area contributed by atoms with Gasteiger partial charge >= 0.3 is 7.82 Å². The normalized spacial score (nSPS) is 11.2. The summed E-state index contributed by atoms with van der Waals surface area (Å²) in [6, 6.07) is 9.99. The van der Waals surface area contributed by atoms with E-state index in [2.05, 4.69) is 4.52 Å². The number of phenols is 2. The van der Waals surface area contributed by atoms with Crippen LogP contribution in [0.4, 0.5) is 0 Å². The second kappa shape index (κ2) is 9.14. The summed E-state index contributed by atoms with van der Waals surface area (Å²) in [5.74, 6) is -0.569. The highest BCUT2D eigenvalue weighted by molar-refractivity contribution is 7.46. The van der Waals surface area contributed by atoms with Gasteiger partial charge in [0.05, 0.1) is 5.56 Å². The Bertz CT molecular complexity index is 829. The van der Waals surface area contributed by atoms with Crippen LogP contribution in [0.15, 0.2) is 48.5 Å². The zero-order valence-electron chi connectivity index (χ0n) is 13.5. The summed E-state index contributed by atoms with van der Waals surface area (Å²) in [6.07, 6.45) is 2.78. The lowest BCUT2D eigenvalue weighted by molar-refractivity contribution is 0.0828. The number of phosphoric acid groups is 1. The highest BCUT2D eigenvalue weighted by Gasteiger charge is 2.13. The van der Waals surface area contributed by atoms with E-state index in [1.807, 2.05) is 0 Å². The van der Waals surface area contributed by atoms with Gasteiger partial charge in [0, 0.05) is 6.07 Å². The summed E-state index contributed by atoms with van der Waals surface area (Å²) in [4.78, 5) is 29.1. The molecular formula is C16H18NO8P. The van der Waals surface area contributed by atoms with E-state index in [0.29, 0.717) is 11.3 Å². The van der Waals surface area contributed by atoms with Gasteiger partial charge in [0.2, 0.25) is 0 Å². The minimum atomic E-state index is -4.58. The smallest absolute Gasteiger partial charge is 0.472 e. The molecule has 0 aliphatic carbocycles. The van der Waals surface area contributed by atoms with Crippen molar-refractivity contribution >= 4 is 19.7 Å². The molecule has 0 aromatic heterocycles. The summed E-state index contributed by atoms with van der Waals surface area (Å²) in [7, 11) is -4.58. The van der Waals surface area contributed by atoms with Crippen molar-refractivity contribution in [2.24, 2.45) is 0 Å². The molecule has 0 saturated heterocycles. The third-order valence-electron chi connectivity index (χ3n) is 3.00. The number of allylic oxidation sites excluding steroid dienone is 1. The molecule has 0 aliphatic heterocycles. The first-order valence-electron chi connectivity index (χ1n) is 6.92. The number of rotatable bonds is 7. The van der Waals surface area contributed by atoms with Crippen molar-refractivity contribution in [1.82, 2.24) is 6.15 Å². The molecule has 2 rings (SSSR count). The Morgan fingerprint density at radius 3 is 2.31 bits per heavy atom. The van der Waals surface area contributed by atoms with Gasteiger partial charge in [-0.3, -0.25) is 4.79 Å². The van der Waals surface area contributed by atoms with Crippen LogP contribution in [0.25, 0.3) is 6.08 Å². The van der Waals surface area contributed by atoms with Crippen molar-refractivity contribution in [3.8, 4) is 17.2 Å². The average Bonchev–Trinajstić information content (AvgIpc) is 2.52. The average molecular weight is 383 g/mol. The fourth-order valence-corrected chi connectivity index (χ4v) is 2.02. The molecule has 0 spiro atoms. The first-order chi connectivity index (χ1) is 11.7. The van der Waals surface area contributed by atoms with E-state index in [1.54, 1.807) is 12.1 Å². The fraction of sp³-hybridized carbons (Fsp3) is 0.0625. The second-order valence-electron chi connectivity index (χ2n) is 4.85. The first kappa shape index (κ1) is 21.4. The van der Waals surface area contributed by atoms with E-state index in [4.69, 9.17) is 14.5 Å². The van der Waals surface area contributed by atoms with Crippen LogP contribution >= 0.6 is 7.82 Å². The monoisotopic (exact) mass is 383 g/mol. The van der Waals surface area contributed by atoms with E-state index < -0.39 is 20.4 Å². The fourth-order valence-electron chi connectivity index (χ4n) is 1.83. The molecule has 0 saturated carbocycles. The molecule has 0 unspecified atom stereocenters. The van der Waals surface area contributed by atoms with E-state index in [0.717, 1.165) is 6.07 Å². The van der Waals surface area contributed by atoms with Crippen molar-refractivity contribution < 1.29 is 38.6 Å². The second-order valence-corrected chi connectivity index (χ2v) is 6.09. The molecule has 0 radical (unpaired) electrons. The Kier molecular flexibility index (Phi) is 7.51. The molecule has 0 bridgehead atoms. The summed E-state index contributed by atoms with van der Waals surface area (Å²) < 4.78 is 19.7. The molecule has 2 aromatic rings. The number of carbonyl (C=O) groups is 1. The molecule has 0 heterocycles. The van der Waals surface area contributed by atoms with Crippen LogP contribution in [0.3, 0.4) is 0 Å². The number of benzene rings is 2. The number of ketones is 1. The third kappa shape index (κ3) is 6.67. The molecule has 7 N–H and O–H groups in total. The number of hydrogen-bond acceptors (Lipinski definition) is 7. The van der Waals surface area contributed by atoms with Crippen LogP contribution in [-0.2, 0) is 9.09 Å². The molecule has 9 nitrogen and oxygen atoms in total. The number of hydrogen-bond donors (Lipinski definition) is 5. The lowest BCUT2D eigenvalue weighted by atomic mass is 10.1. The van der Waals surface area contributed by atoms with Crippen LogP contribution in [0.2, 0.25) is 0 Å². The Hall–Kier alpha value is -2.68. The van der Waals surface area contributed by atoms with Gasteiger partial charge in [0.25, 0.3) is 0 Å². The van der Waals surface area contributed by atoms with Gasteiger partial charge in [0.15, 0.2) is 12.6 Å². The molecule has 0 fully saturated rings. The molecule has 26 heavy (non-hydrogen) atoms. The summed E-state index contributed by atoms with van der Waals surface area (Å²) in [5.41, 5.74) is 0.721. The van der Waals surface area contributed by atoms with Crippen molar-refractivity contribution in [3.05, 3.63) is 59.7 Å². The maximum Gasteiger partial charge on any atom is 0.472 e. The van der Waals surface area contributed by atoms with E-state index in [1.165, 1.54) is 36.4 Å². The van der Waals surface area contributed by atoms with Gasteiger partial charge in [0.1, 0.15) is 17.2 Å². The molecule has 0 aliphatic rings. The largest absolute Gasteiger partial charge is 0.508 e. The number of carbonyl (C=O) groups excluding carboxylic acids is 1. The van der Waals surface area contributed by atoms with Gasteiger partial charge in [-0.05, 0) is 35.9 Å². The van der Waals surface area contributed by atoms with Gasteiger partial charge in [-0.1, -0.05) is 18.2 Å². The maximum absolute atomic E-state index is 12.0. The number of phenolic OH excluding ortho intramolecular Hbond substituents is 2. The van der Waals surface area contributed by atoms with Crippen LogP contribution in [0, 0.1) is 0 Å². The Balaban J connectivity index is 0.00000338. The van der Waals surface area contributed by atoms with E-state index >= 15 is 0 Å². The standard InChI is InChI=1S/C16H15O8P.H3N/c17-12-4-7-14(16(19)9-12)15(18)8-3-11-1-5-13(6-2-11)23-10-24-25(20,21)22;/h1-9,17,19H,10H2,(H2,20,21,22);1H3/b8-3+;. The molecule has 10 heteroatoms. The molecule has 140 valence electrons. The summed E-state index contributed by atoms with van der Waals surface area (Å²) in [5, 5.41) is 18.8. The van der Waals surface area contributed by atoms with Crippen molar-refractivity contribution in [3.63, 3.8) is 0 Å². The Morgan fingerprint density at radius 1 is 1.08 bits per heavy atom. The Labute approximate surface area is 149 Å². The predicted molar refractivity (Wildman–Crippen MR) is 93.2 cm³/mol. The quantitative estimate of drug-likeness (QED) is 0.209. The number of aromatic hydroxyl groups is 2. The molecule has 0 atom stereocenters. The minimum Gasteiger partial charge on any atom is -0.508 e. The SMILES string of the molecule is N.O=C(/C=C/c1ccc(OCOP(=O)(O)O)cc1)c1ccc(O)cc1O. The third-order valence-corrected chi connectivity index (χ3v) is 3.44. The van der Waals surface area contributed by atoms with Gasteiger partial charge in [-0.25, -0.2) is 9.09 Å². The zero-order chi connectivity index (χ0) is 18.4. The zero-order valence-corrected chi connectivity index (χ0v) is 14.4. The van der Waals surface area contributed by atoms with E-state index in [-0.39, 0.29) is 23.2 Å². The molecule has 2 aromatic carbocycles. The van der Waals surface area contributed by atoms with Gasteiger partial charge < -0.3 is 30.9 Å². The highest BCUT2D eigenvalue weighted by atomic mass is 31.2. The van der Waals surface area contributed by atoms with Gasteiger partial charge in [-0.15, -0.1) is 0 Å². The minimum absolute atomic E-state index is 0. The predicted octanol–water partition coefficient (Wildman–Crippen LogP) is 2.60. The lowest BCUT2D eigenvalue weighted by Crippen LogP contribution is -2.00. The number of ether oxygens (including phenoxy) is 1. The maximum atomic E-state index is 12.0. The van der Waals surface area contributed by atoms with Crippen LogP contribution in [-0.4, -0.2) is 32.6 Å².